The van der Waals surface area contributed by atoms with Gasteiger partial charge in [-0.1, -0.05) is 36.4 Å². The van der Waals surface area contributed by atoms with Crippen molar-refractivity contribution in [1.82, 2.24) is 14.8 Å². The molecule has 0 fully saturated rings. The number of carbonyl (C=O) groups is 2. The molecule has 0 spiro atoms. The minimum Gasteiger partial charge on any atom is -0.493 e. The van der Waals surface area contributed by atoms with Crippen molar-refractivity contribution >= 4 is 41.8 Å². The molecule has 8 rings (SSSR count). The number of rotatable bonds is 10. The van der Waals surface area contributed by atoms with Gasteiger partial charge in [-0.05, 0) is 85.1 Å². The largest absolute Gasteiger partial charge is 0.493 e. The number of nitrogens with two attached hydrogens (primary N) is 1. The van der Waals surface area contributed by atoms with Gasteiger partial charge in [0, 0.05) is 43.2 Å². The Labute approximate surface area is 325 Å². The molecule has 3 aliphatic heterocycles. The normalized spacial score (nSPS) is 16.8. The highest BCUT2D eigenvalue weighted by Gasteiger charge is 2.34. The van der Waals surface area contributed by atoms with Crippen LogP contribution in [0.5, 0.6) is 23.0 Å². The summed E-state index contributed by atoms with van der Waals surface area (Å²) in [6, 6.07) is 26.2. The molecule has 12 heteroatoms. The average molecular weight is 751 g/mol. The number of methoxy groups -OCH3 is 2. The number of aliphatic imine (C=N–C) groups is 2. The first-order valence-corrected chi connectivity index (χ1v) is 18.4. The molecule has 3 aliphatic rings. The van der Waals surface area contributed by atoms with Gasteiger partial charge in [0.15, 0.2) is 23.0 Å². The summed E-state index contributed by atoms with van der Waals surface area (Å²) < 4.78 is 23.8. The van der Waals surface area contributed by atoms with Crippen LogP contribution >= 0.6 is 0 Å². The van der Waals surface area contributed by atoms with Crippen LogP contribution < -0.4 is 24.7 Å². The van der Waals surface area contributed by atoms with Crippen molar-refractivity contribution in [2.45, 2.75) is 58.2 Å². The van der Waals surface area contributed by atoms with Gasteiger partial charge in [-0.25, -0.2) is 0 Å². The van der Waals surface area contributed by atoms with Crippen molar-refractivity contribution in [2.75, 3.05) is 20.0 Å². The van der Waals surface area contributed by atoms with Crippen LogP contribution in [0, 0.1) is 0 Å². The second-order valence-electron chi connectivity index (χ2n) is 14.2. The van der Waals surface area contributed by atoms with E-state index in [1.807, 2.05) is 64.5 Å². The maximum atomic E-state index is 13.9. The van der Waals surface area contributed by atoms with Crippen molar-refractivity contribution in [3.63, 3.8) is 0 Å². The molecule has 56 heavy (non-hydrogen) atoms. The van der Waals surface area contributed by atoms with Crippen LogP contribution in [0.25, 0.3) is 0 Å². The van der Waals surface area contributed by atoms with E-state index in [1.54, 1.807) is 24.3 Å². The molecule has 1 aromatic heterocycles. The first-order chi connectivity index (χ1) is 27.2. The molecule has 5 aromatic rings. The predicted molar refractivity (Wildman–Crippen MR) is 214 cm³/mol. The molecule has 4 aromatic carbocycles. The van der Waals surface area contributed by atoms with Gasteiger partial charge in [-0.2, -0.15) is 0 Å². The summed E-state index contributed by atoms with van der Waals surface area (Å²) in [4.78, 5) is 45.1. The molecule has 0 radical (unpaired) electrons. The van der Waals surface area contributed by atoms with Gasteiger partial charge in [0.2, 0.25) is 0 Å². The van der Waals surface area contributed by atoms with E-state index in [0.29, 0.717) is 82.1 Å². The summed E-state index contributed by atoms with van der Waals surface area (Å²) in [5.41, 5.74) is 14.3. The van der Waals surface area contributed by atoms with E-state index in [1.165, 1.54) is 19.8 Å². The van der Waals surface area contributed by atoms with E-state index >= 15 is 0 Å². The van der Waals surface area contributed by atoms with Gasteiger partial charge < -0.3 is 34.5 Å². The Morgan fingerprint density at radius 3 is 2.25 bits per heavy atom. The van der Waals surface area contributed by atoms with Gasteiger partial charge in [-0.3, -0.25) is 24.6 Å². The fourth-order valence-electron chi connectivity index (χ4n) is 7.63. The molecular weight excluding hydrogens is 709 g/mol. The van der Waals surface area contributed by atoms with Gasteiger partial charge in [0.05, 0.1) is 54.2 Å². The first kappa shape index (κ1) is 36.3. The molecule has 0 aliphatic carbocycles. The third-order valence-electron chi connectivity index (χ3n) is 10.6. The number of hydrogen-bond donors (Lipinski definition) is 1. The number of anilines is 1. The zero-order valence-corrected chi connectivity index (χ0v) is 31.5. The third kappa shape index (κ3) is 7.01. The van der Waals surface area contributed by atoms with Gasteiger partial charge in [0.25, 0.3) is 11.8 Å². The van der Waals surface area contributed by atoms with Crippen molar-refractivity contribution in [2.24, 2.45) is 9.98 Å². The minimum absolute atomic E-state index is 0.0116. The van der Waals surface area contributed by atoms with Crippen LogP contribution in [0.4, 0.5) is 17.1 Å². The first-order valence-electron chi connectivity index (χ1n) is 18.4. The highest BCUT2D eigenvalue weighted by Crippen LogP contribution is 2.40. The van der Waals surface area contributed by atoms with E-state index in [2.05, 4.69) is 30.8 Å². The number of pyridine rings is 1. The molecule has 284 valence electrons. The highest BCUT2D eigenvalue weighted by atomic mass is 16.5. The molecule has 4 heterocycles. The number of carbonyl (C=O) groups excluding carboxylic acids is 2. The summed E-state index contributed by atoms with van der Waals surface area (Å²) in [7, 11) is 3.07. The lowest BCUT2D eigenvalue weighted by Crippen LogP contribution is -2.44. The van der Waals surface area contributed by atoms with Crippen molar-refractivity contribution in [3.8, 4) is 23.0 Å². The average Bonchev–Trinajstić information content (AvgIpc) is 3.35. The van der Waals surface area contributed by atoms with Crippen LogP contribution in [-0.2, 0) is 39.1 Å². The fraction of sp³-hybridized carbons (Fsp3) is 0.250. The molecule has 2 amide bonds. The fourth-order valence-corrected chi connectivity index (χ4v) is 7.63. The quantitative estimate of drug-likeness (QED) is 0.118. The Bertz CT molecular complexity index is 2390. The summed E-state index contributed by atoms with van der Waals surface area (Å²) in [5.74, 6) is 1.36. The van der Waals surface area contributed by atoms with E-state index in [-0.39, 0.29) is 37.1 Å². The highest BCUT2D eigenvalue weighted by molar-refractivity contribution is 6.03. The molecule has 0 unspecified atom stereocenters. The van der Waals surface area contributed by atoms with Crippen molar-refractivity contribution in [3.05, 3.63) is 130 Å². The summed E-state index contributed by atoms with van der Waals surface area (Å²) in [6.07, 6.45) is 3.26. The zero-order chi connectivity index (χ0) is 38.9. The van der Waals surface area contributed by atoms with Gasteiger partial charge in [-0.15, -0.1) is 0 Å². The number of fused-ring (bicyclic) bond motifs is 4. The van der Waals surface area contributed by atoms with E-state index in [4.69, 9.17) is 34.7 Å². The second-order valence-corrected chi connectivity index (χ2v) is 14.2. The Kier molecular flexibility index (Phi) is 9.86. The van der Waals surface area contributed by atoms with Gasteiger partial charge >= 0.3 is 0 Å². The lowest BCUT2D eigenvalue weighted by Gasteiger charge is -2.35. The smallest absolute Gasteiger partial charge is 0.257 e. The predicted octanol–water partition coefficient (Wildman–Crippen LogP) is 7.04. The second kappa shape index (κ2) is 15.2. The molecule has 0 saturated heterocycles. The summed E-state index contributed by atoms with van der Waals surface area (Å²) in [6.45, 7) is 6.98. The standard InChI is InChI=1S/C44H42N6O6/c1-26-14-27-8-5-6-9-29(27)22-49(26)43(51)35-17-39(53-3)41(19-37(35)46-2)55-24-32-10-7-11-33(48-32)25-56-42-20-38-36(18-40(42)54-4)44(52)50-23-30-15-31(45)13-12-28(30)16-34(50)21-47-38/h5-13,15,17-21,26,34H,2,14,16,22-25,45H2,1,3-4H3/t26-,34+/m1/s1. The van der Waals surface area contributed by atoms with Crippen LogP contribution in [0.3, 0.4) is 0 Å². The van der Waals surface area contributed by atoms with Gasteiger partial charge in [0.1, 0.15) is 13.2 Å². The molecule has 2 N–H and O–H groups in total. The Morgan fingerprint density at radius 2 is 1.52 bits per heavy atom. The Balaban J connectivity index is 0.955. The van der Waals surface area contributed by atoms with E-state index in [0.717, 1.165) is 23.1 Å². The lowest BCUT2D eigenvalue weighted by atomic mass is 9.93. The zero-order valence-electron chi connectivity index (χ0n) is 31.5. The van der Waals surface area contributed by atoms with E-state index < -0.39 is 0 Å². The van der Waals surface area contributed by atoms with Crippen LogP contribution in [0.2, 0.25) is 0 Å². The maximum Gasteiger partial charge on any atom is 0.257 e. The minimum atomic E-state index is -0.183. The molecule has 2 atom stereocenters. The van der Waals surface area contributed by atoms with Crippen molar-refractivity contribution in [1.29, 1.82) is 0 Å². The third-order valence-corrected chi connectivity index (χ3v) is 10.6. The monoisotopic (exact) mass is 750 g/mol. The van der Waals surface area contributed by atoms with Crippen molar-refractivity contribution < 1.29 is 28.5 Å². The topological polar surface area (TPSA) is 141 Å². The molecular formula is C44H42N6O6. The van der Waals surface area contributed by atoms with E-state index in [9.17, 15) is 9.59 Å². The number of aromatic nitrogens is 1. The SMILES string of the molecule is C=Nc1cc(OCc2cccc(COc3cc4c(cc3OC)C(=O)N3Cc5cc(N)ccc5C[C@H]3C=N4)n2)c(OC)cc1C(=O)N1Cc2ccccc2C[C@H]1C. The molecule has 12 nitrogen and oxygen atoms in total. The number of nitrogen functional groups attached to an aromatic ring is 1. The molecule has 0 bridgehead atoms. The number of nitrogens with zero attached hydrogens (tertiary/aromatic N) is 5. The summed E-state index contributed by atoms with van der Waals surface area (Å²) in [5, 5.41) is 0. The van der Waals surface area contributed by atoms with Crippen LogP contribution in [-0.4, -0.2) is 65.8 Å². The Morgan fingerprint density at radius 1 is 0.821 bits per heavy atom. The lowest BCUT2D eigenvalue weighted by molar-refractivity contribution is 0.0657. The Hall–Kier alpha value is -6.69. The molecule has 0 saturated carbocycles. The number of hydrogen-bond acceptors (Lipinski definition) is 10. The van der Waals surface area contributed by atoms with Crippen LogP contribution in [0.1, 0.15) is 61.3 Å². The maximum absolute atomic E-state index is 13.9. The number of benzene rings is 4. The number of ether oxygens (including phenoxy) is 4. The number of amides is 2. The summed E-state index contributed by atoms with van der Waals surface area (Å²) >= 11 is 0. The van der Waals surface area contributed by atoms with Crippen LogP contribution in [0.15, 0.2) is 94.9 Å².